The molecule has 1 fully saturated rings. The topological polar surface area (TPSA) is 85.3 Å². The van der Waals surface area contributed by atoms with Crippen LogP contribution in [0.2, 0.25) is 0 Å². The minimum atomic E-state index is -0.221. The number of nitrogens with zero attached hydrogens (tertiary/aromatic N) is 2. The monoisotopic (exact) mass is 314 g/mol. The summed E-state index contributed by atoms with van der Waals surface area (Å²) in [6.45, 7) is 2.83. The minimum absolute atomic E-state index is 0.148. The molecular formula is C16H18N4O3. The van der Waals surface area contributed by atoms with Crippen LogP contribution in [-0.2, 0) is 9.53 Å². The highest BCUT2D eigenvalue weighted by Gasteiger charge is 2.18. The number of amides is 2. The highest BCUT2D eigenvalue weighted by Crippen LogP contribution is 2.20. The first-order valence-electron chi connectivity index (χ1n) is 7.43. The molecule has 2 heterocycles. The Morgan fingerprint density at radius 2 is 2.00 bits per heavy atom. The van der Waals surface area contributed by atoms with E-state index in [1.165, 1.54) is 6.92 Å². The van der Waals surface area contributed by atoms with Crippen LogP contribution >= 0.6 is 0 Å². The average Bonchev–Trinajstić information content (AvgIpc) is 3.18. The zero-order valence-electron chi connectivity index (χ0n) is 12.8. The van der Waals surface area contributed by atoms with E-state index in [2.05, 4.69) is 15.7 Å². The zero-order chi connectivity index (χ0) is 16.2. The van der Waals surface area contributed by atoms with Gasteiger partial charge in [-0.25, -0.2) is 0 Å². The summed E-state index contributed by atoms with van der Waals surface area (Å²) in [6.07, 6.45) is 4.37. The predicted molar refractivity (Wildman–Crippen MR) is 85.4 cm³/mol. The van der Waals surface area contributed by atoms with Crippen LogP contribution in [0, 0.1) is 0 Å². The molecule has 1 aromatic heterocycles. The van der Waals surface area contributed by atoms with Gasteiger partial charge in [-0.2, -0.15) is 5.10 Å². The van der Waals surface area contributed by atoms with E-state index in [9.17, 15) is 9.59 Å². The molecule has 1 aliphatic rings. The molecule has 0 unspecified atom stereocenters. The van der Waals surface area contributed by atoms with Crippen molar-refractivity contribution in [1.82, 2.24) is 9.78 Å². The third-order valence-electron chi connectivity index (χ3n) is 3.61. The predicted octanol–water partition coefficient (Wildman–Crippen LogP) is 2.06. The van der Waals surface area contributed by atoms with Crippen LogP contribution in [0.3, 0.4) is 0 Å². The van der Waals surface area contributed by atoms with Gasteiger partial charge in [-0.05, 0) is 30.7 Å². The number of ether oxygens (including phenoxy) is 1. The average molecular weight is 314 g/mol. The normalized spacial score (nSPS) is 17.0. The van der Waals surface area contributed by atoms with E-state index in [0.717, 1.165) is 13.0 Å². The molecule has 0 spiro atoms. The third kappa shape index (κ3) is 3.75. The Morgan fingerprint density at radius 3 is 2.65 bits per heavy atom. The highest BCUT2D eigenvalue weighted by atomic mass is 16.5. The maximum absolute atomic E-state index is 12.2. The molecule has 0 radical (unpaired) electrons. The summed E-state index contributed by atoms with van der Waals surface area (Å²) in [7, 11) is 0. The molecule has 7 nitrogen and oxygen atoms in total. The second-order valence-corrected chi connectivity index (χ2v) is 5.44. The van der Waals surface area contributed by atoms with Crippen molar-refractivity contribution in [2.75, 3.05) is 23.8 Å². The molecule has 0 saturated carbocycles. The molecule has 3 rings (SSSR count). The van der Waals surface area contributed by atoms with Crippen LogP contribution in [0.5, 0.6) is 0 Å². The van der Waals surface area contributed by atoms with Crippen molar-refractivity contribution >= 4 is 23.2 Å². The van der Waals surface area contributed by atoms with Crippen LogP contribution in [0.15, 0.2) is 36.7 Å². The summed E-state index contributed by atoms with van der Waals surface area (Å²) >= 11 is 0. The Bertz CT molecular complexity index is 702. The number of carbonyl (C=O) groups is 2. The summed E-state index contributed by atoms with van der Waals surface area (Å²) in [5.74, 6) is -0.368. The van der Waals surface area contributed by atoms with Gasteiger partial charge in [-0.15, -0.1) is 0 Å². The van der Waals surface area contributed by atoms with Crippen molar-refractivity contribution in [2.24, 2.45) is 0 Å². The smallest absolute Gasteiger partial charge is 0.255 e. The van der Waals surface area contributed by atoms with Gasteiger partial charge in [-0.3, -0.25) is 14.3 Å². The lowest BCUT2D eigenvalue weighted by Crippen LogP contribution is -2.12. The van der Waals surface area contributed by atoms with Crippen LogP contribution < -0.4 is 10.6 Å². The van der Waals surface area contributed by atoms with Crippen LogP contribution in [0.1, 0.15) is 29.7 Å². The van der Waals surface area contributed by atoms with Crippen molar-refractivity contribution in [3.05, 3.63) is 42.2 Å². The molecule has 1 aliphatic heterocycles. The Labute approximate surface area is 133 Å². The lowest BCUT2D eigenvalue weighted by atomic mass is 10.2. The van der Waals surface area contributed by atoms with Crippen molar-refractivity contribution in [3.63, 3.8) is 0 Å². The number of hydrogen-bond donors (Lipinski definition) is 2. The molecule has 7 heteroatoms. The fraction of sp³-hybridized carbons (Fsp3) is 0.312. The molecule has 1 saturated heterocycles. The third-order valence-corrected chi connectivity index (χ3v) is 3.61. The fourth-order valence-electron chi connectivity index (χ4n) is 2.44. The van der Waals surface area contributed by atoms with Gasteiger partial charge in [0.1, 0.15) is 0 Å². The van der Waals surface area contributed by atoms with Gasteiger partial charge in [0.05, 0.1) is 24.5 Å². The second-order valence-electron chi connectivity index (χ2n) is 5.44. The maximum atomic E-state index is 12.2. The Balaban J connectivity index is 1.63. The van der Waals surface area contributed by atoms with Gasteiger partial charge in [0.15, 0.2) is 0 Å². The molecule has 120 valence electrons. The van der Waals surface area contributed by atoms with Gasteiger partial charge in [0.25, 0.3) is 5.91 Å². The number of anilines is 2. The summed E-state index contributed by atoms with van der Waals surface area (Å²) in [6, 6.07) is 6.94. The zero-order valence-corrected chi connectivity index (χ0v) is 12.8. The van der Waals surface area contributed by atoms with Gasteiger partial charge in [0, 0.05) is 31.0 Å². The number of nitrogens with one attached hydrogen (secondary N) is 2. The quantitative estimate of drug-likeness (QED) is 0.904. The Hall–Kier alpha value is -2.67. The molecule has 2 N–H and O–H groups in total. The lowest BCUT2D eigenvalue weighted by Gasteiger charge is -2.07. The molecular weight excluding hydrogens is 296 g/mol. The van der Waals surface area contributed by atoms with Crippen molar-refractivity contribution in [1.29, 1.82) is 0 Å². The van der Waals surface area contributed by atoms with Crippen molar-refractivity contribution in [3.8, 4) is 0 Å². The summed E-state index contributed by atoms with van der Waals surface area (Å²) in [5.41, 5.74) is 1.81. The van der Waals surface area contributed by atoms with E-state index < -0.39 is 0 Å². The van der Waals surface area contributed by atoms with E-state index in [4.69, 9.17) is 4.74 Å². The van der Waals surface area contributed by atoms with E-state index in [0.29, 0.717) is 23.5 Å². The first-order chi connectivity index (χ1) is 11.1. The number of aromatic nitrogens is 2. The number of carbonyl (C=O) groups excluding carboxylic acids is 2. The van der Waals surface area contributed by atoms with E-state index >= 15 is 0 Å². The first-order valence-corrected chi connectivity index (χ1v) is 7.43. The Morgan fingerprint density at radius 1 is 1.22 bits per heavy atom. The molecule has 0 bridgehead atoms. The van der Waals surface area contributed by atoms with Crippen LogP contribution in [-0.4, -0.2) is 34.8 Å². The summed E-state index contributed by atoms with van der Waals surface area (Å²) in [5, 5.41) is 9.74. The lowest BCUT2D eigenvalue weighted by molar-refractivity contribution is -0.114. The van der Waals surface area contributed by atoms with Crippen LogP contribution in [0.25, 0.3) is 0 Å². The SMILES string of the molecule is CC(=O)Nc1ccc(C(=O)Nc2cnn([C@@H]3CCOC3)c2)cc1. The maximum Gasteiger partial charge on any atom is 0.255 e. The van der Waals surface area contributed by atoms with E-state index in [1.807, 2.05) is 10.9 Å². The van der Waals surface area contributed by atoms with Crippen molar-refractivity contribution in [2.45, 2.75) is 19.4 Å². The van der Waals surface area contributed by atoms with Gasteiger partial charge >= 0.3 is 0 Å². The standard InChI is InChI=1S/C16H18N4O3/c1-11(21)18-13-4-2-12(3-5-13)16(22)19-14-8-17-20(9-14)15-6-7-23-10-15/h2-5,8-9,15H,6-7,10H2,1H3,(H,18,21)(H,19,22)/t15-/m1/s1. The molecule has 23 heavy (non-hydrogen) atoms. The molecule has 1 aromatic carbocycles. The van der Waals surface area contributed by atoms with Gasteiger partial charge in [-0.1, -0.05) is 0 Å². The second kappa shape index (κ2) is 6.62. The molecule has 2 aromatic rings. The largest absolute Gasteiger partial charge is 0.379 e. The number of rotatable bonds is 4. The first kappa shape index (κ1) is 15.2. The summed E-state index contributed by atoms with van der Waals surface area (Å²) in [4.78, 5) is 23.2. The van der Waals surface area contributed by atoms with Gasteiger partial charge < -0.3 is 15.4 Å². The van der Waals surface area contributed by atoms with Crippen molar-refractivity contribution < 1.29 is 14.3 Å². The molecule has 2 amide bonds. The van der Waals surface area contributed by atoms with Crippen LogP contribution in [0.4, 0.5) is 11.4 Å². The number of benzene rings is 1. The Kier molecular flexibility index (Phi) is 4.38. The van der Waals surface area contributed by atoms with E-state index in [1.54, 1.807) is 30.5 Å². The molecule has 0 aliphatic carbocycles. The van der Waals surface area contributed by atoms with Gasteiger partial charge in [0.2, 0.25) is 5.91 Å². The highest BCUT2D eigenvalue weighted by molar-refractivity contribution is 6.04. The minimum Gasteiger partial charge on any atom is -0.379 e. The fourth-order valence-corrected chi connectivity index (χ4v) is 2.44. The van der Waals surface area contributed by atoms with E-state index in [-0.39, 0.29) is 17.9 Å². The summed E-state index contributed by atoms with van der Waals surface area (Å²) < 4.78 is 7.15. The molecule has 1 atom stereocenters. The number of hydrogen-bond acceptors (Lipinski definition) is 4.